The van der Waals surface area contributed by atoms with E-state index in [1.165, 1.54) is 18.9 Å². The van der Waals surface area contributed by atoms with Crippen LogP contribution in [0.4, 0.5) is 5.69 Å². The Bertz CT molecular complexity index is 497. The Morgan fingerprint density at radius 2 is 1.95 bits per heavy atom. The van der Waals surface area contributed by atoms with Crippen molar-refractivity contribution in [1.82, 2.24) is 0 Å². The van der Waals surface area contributed by atoms with Crippen LogP contribution in [0.1, 0.15) is 44.1 Å². The number of nitrogens with zero attached hydrogens (tertiary/aromatic N) is 2. The fourth-order valence-corrected chi connectivity index (χ4v) is 2.90. The van der Waals surface area contributed by atoms with Gasteiger partial charge in [0.2, 0.25) is 0 Å². The summed E-state index contributed by atoms with van der Waals surface area (Å²) < 4.78 is 0. The van der Waals surface area contributed by atoms with Crippen molar-refractivity contribution >= 4 is 5.69 Å². The van der Waals surface area contributed by atoms with Gasteiger partial charge in [-0.2, -0.15) is 5.26 Å². The molecule has 1 aliphatic carbocycles. The highest BCUT2D eigenvalue weighted by molar-refractivity contribution is 5.35. The third-order valence-corrected chi connectivity index (χ3v) is 3.96. The van der Waals surface area contributed by atoms with E-state index >= 15 is 0 Å². The van der Waals surface area contributed by atoms with Gasteiger partial charge in [0.15, 0.2) is 0 Å². The minimum Gasteiger partial charge on any atom is -0.258 e. The van der Waals surface area contributed by atoms with Gasteiger partial charge in [0.25, 0.3) is 5.69 Å². The number of hydrogen-bond acceptors (Lipinski definition) is 3. The first-order valence-electron chi connectivity index (χ1n) is 6.80. The van der Waals surface area contributed by atoms with Crippen LogP contribution in [0, 0.1) is 26.9 Å². The highest BCUT2D eigenvalue weighted by atomic mass is 16.6. The molecule has 1 aromatic carbocycles. The number of nitro benzene ring substituents is 1. The van der Waals surface area contributed by atoms with Crippen molar-refractivity contribution < 1.29 is 4.92 Å². The second-order valence-corrected chi connectivity index (χ2v) is 5.41. The minimum absolute atomic E-state index is 0.110. The lowest BCUT2D eigenvalue weighted by atomic mass is 9.77. The van der Waals surface area contributed by atoms with Gasteiger partial charge in [-0.25, -0.2) is 0 Å². The fourth-order valence-electron chi connectivity index (χ4n) is 2.90. The molecule has 0 amide bonds. The quantitative estimate of drug-likeness (QED) is 0.467. The normalized spacial score (nSPS) is 18.3. The van der Waals surface area contributed by atoms with Gasteiger partial charge in [0.1, 0.15) is 0 Å². The zero-order chi connectivity index (χ0) is 13.7. The number of hydrogen-bond donors (Lipinski definition) is 0. The molecule has 0 heterocycles. The molecule has 19 heavy (non-hydrogen) atoms. The molecule has 0 aliphatic heterocycles. The maximum atomic E-state index is 10.8. The maximum absolute atomic E-state index is 10.8. The summed E-state index contributed by atoms with van der Waals surface area (Å²) in [4.78, 5) is 10.4. The number of rotatable bonds is 3. The van der Waals surface area contributed by atoms with Crippen LogP contribution in [-0.2, 0) is 6.42 Å². The molecule has 2 rings (SSSR count). The van der Waals surface area contributed by atoms with Crippen molar-refractivity contribution in [2.75, 3.05) is 0 Å². The van der Waals surface area contributed by atoms with Crippen molar-refractivity contribution in [1.29, 1.82) is 5.26 Å². The van der Waals surface area contributed by atoms with E-state index in [1.54, 1.807) is 12.1 Å². The van der Waals surface area contributed by atoms with Crippen LogP contribution < -0.4 is 0 Å². The fraction of sp³-hybridized carbons (Fsp3) is 0.533. The summed E-state index contributed by atoms with van der Waals surface area (Å²) >= 11 is 0. The summed E-state index contributed by atoms with van der Waals surface area (Å²) in [6.45, 7) is 0. The van der Waals surface area contributed by atoms with Crippen LogP contribution in [0.2, 0.25) is 0 Å². The molecule has 0 aromatic heterocycles. The molecule has 4 heteroatoms. The van der Waals surface area contributed by atoms with E-state index in [0.717, 1.165) is 31.2 Å². The topological polar surface area (TPSA) is 66.9 Å². The van der Waals surface area contributed by atoms with Crippen molar-refractivity contribution in [3.05, 3.63) is 39.9 Å². The Morgan fingerprint density at radius 3 is 2.53 bits per heavy atom. The molecule has 0 atom stereocenters. The molecular weight excluding hydrogens is 240 g/mol. The van der Waals surface area contributed by atoms with Gasteiger partial charge >= 0.3 is 0 Å². The summed E-state index contributed by atoms with van der Waals surface area (Å²) in [6, 6.07) is 9.17. The van der Waals surface area contributed by atoms with E-state index in [9.17, 15) is 15.4 Å². The molecule has 0 unspecified atom stereocenters. The van der Waals surface area contributed by atoms with Gasteiger partial charge < -0.3 is 0 Å². The highest BCUT2D eigenvalue weighted by Crippen LogP contribution is 2.37. The molecule has 0 saturated heterocycles. The molecule has 1 aromatic rings. The van der Waals surface area contributed by atoms with Gasteiger partial charge in [0, 0.05) is 12.1 Å². The van der Waals surface area contributed by atoms with Crippen LogP contribution in [0.5, 0.6) is 0 Å². The Hall–Kier alpha value is -1.89. The zero-order valence-corrected chi connectivity index (χ0v) is 11.0. The van der Waals surface area contributed by atoms with Crippen molar-refractivity contribution in [3.8, 4) is 6.07 Å². The predicted molar refractivity (Wildman–Crippen MR) is 72.5 cm³/mol. The lowest BCUT2D eigenvalue weighted by Gasteiger charge is -2.24. The molecular formula is C15H18N2O2. The highest BCUT2D eigenvalue weighted by Gasteiger charge is 2.31. The number of nitro groups is 1. The summed E-state index contributed by atoms with van der Waals surface area (Å²) in [6.07, 6.45) is 7.01. The Kier molecular flexibility index (Phi) is 4.16. The average molecular weight is 258 g/mol. The van der Waals surface area contributed by atoms with Crippen molar-refractivity contribution in [3.63, 3.8) is 0 Å². The standard InChI is InChI=1S/C15H18N2O2/c16-12-15(8-3-1-2-4-9-15)11-13-6-5-7-14(10-13)17(18)19/h5-7,10H,1-4,8-9,11H2. The van der Waals surface area contributed by atoms with Crippen LogP contribution in [0.3, 0.4) is 0 Å². The van der Waals surface area contributed by atoms with Crippen LogP contribution in [0.25, 0.3) is 0 Å². The molecule has 0 bridgehead atoms. The summed E-state index contributed by atoms with van der Waals surface area (Å²) in [5.41, 5.74) is 0.683. The monoisotopic (exact) mass is 258 g/mol. The van der Waals surface area contributed by atoms with Crippen LogP contribution in [0.15, 0.2) is 24.3 Å². The molecule has 0 radical (unpaired) electrons. The first-order valence-corrected chi connectivity index (χ1v) is 6.80. The summed E-state index contributed by atoms with van der Waals surface area (Å²) in [5, 5.41) is 20.3. The third-order valence-electron chi connectivity index (χ3n) is 3.96. The average Bonchev–Trinajstić information content (AvgIpc) is 2.65. The van der Waals surface area contributed by atoms with Gasteiger partial charge in [-0.15, -0.1) is 0 Å². The molecule has 0 N–H and O–H groups in total. The Labute approximate surface area is 113 Å². The first kappa shape index (κ1) is 13.5. The van der Waals surface area contributed by atoms with E-state index < -0.39 is 0 Å². The van der Waals surface area contributed by atoms with Gasteiger partial charge in [-0.05, 0) is 24.8 Å². The van der Waals surface area contributed by atoms with Gasteiger partial charge in [-0.3, -0.25) is 10.1 Å². The maximum Gasteiger partial charge on any atom is 0.269 e. The lowest BCUT2D eigenvalue weighted by Crippen LogP contribution is -2.20. The second-order valence-electron chi connectivity index (χ2n) is 5.41. The van der Waals surface area contributed by atoms with E-state index in [4.69, 9.17) is 0 Å². The van der Waals surface area contributed by atoms with Gasteiger partial charge in [-0.1, -0.05) is 37.8 Å². The molecule has 1 aliphatic rings. The Morgan fingerprint density at radius 1 is 1.26 bits per heavy atom. The van der Waals surface area contributed by atoms with E-state index in [2.05, 4.69) is 6.07 Å². The lowest BCUT2D eigenvalue weighted by molar-refractivity contribution is -0.384. The molecule has 1 fully saturated rings. The predicted octanol–water partition coefficient (Wildman–Crippen LogP) is 4.00. The van der Waals surface area contributed by atoms with Crippen LogP contribution in [-0.4, -0.2) is 4.92 Å². The minimum atomic E-state index is -0.379. The number of non-ortho nitro benzene ring substituents is 1. The van der Waals surface area contributed by atoms with Crippen LogP contribution >= 0.6 is 0 Å². The molecule has 1 saturated carbocycles. The molecule has 0 spiro atoms. The number of nitriles is 1. The van der Waals surface area contributed by atoms with Crippen molar-refractivity contribution in [2.45, 2.75) is 44.9 Å². The van der Waals surface area contributed by atoms with E-state index in [1.807, 2.05) is 6.07 Å². The molecule has 4 nitrogen and oxygen atoms in total. The SMILES string of the molecule is N#CC1(Cc2cccc([N+](=O)[O-])c2)CCCCCC1. The van der Waals surface area contributed by atoms with Gasteiger partial charge in [0.05, 0.1) is 16.4 Å². The summed E-state index contributed by atoms with van der Waals surface area (Å²) in [7, 11) is 0. The zero-order valence-electron chi connectivity index (χ0n) is 11.0. The number of benzene rings is 1. The van der Waals surface area contributed by atoms with Crippen molar-refractivity contribution in [2.24, 2.45) is 5.41 Å². The largest absolute Gasteiger partial charge is 0.269 e. The Balaban J connectivity index is 2.20. The third kappa shape index (κ3) is 3.31. The smallest absolute Gasteiger partial charge is 0.258 e. The first-order chi connectivity index (χ1) is 9.15. The second kappa shape index (κ2) is 5.83. The van der Waals surface area contributed by atoms with E-state index in [-0.39, 0.29) is 16.0 Å². The summed E-state index contributed by atoms with van der Waals surface area (Å²) in [5.74, 6) is 0. The van der Waals surface area contributed by atoms with E-state index in [0.29, 0.717) is 6.42 Å². The molecule has 100 valence electrons.